The molecule has 2 N–H and O–H groups in total. The Morgan fingerprint density at radius 3 is 2.85 bits per heavy atom. The predicted octanol–water partition coefficient (Wildman–Crippen LogP) is 2.02. The number of nitrogens with two attached hydrogens (primary N) is 1. The van der Waals surface area contributed by atoms with Gasteiger partial charge in [0.05, 0.1) is 4.92 Å². The molecule has 1 aromatic rings. The van der Waals surface area contributed by atoms with Gasteiger partial charge in [0.2, 0.25) is 0 Å². The first-order chi connectivity index (χ1) is 6.15. The summed E-state index contributed by atoms with van der Waals surface area (Å²) in [5.41, 5.74) is 6.20. The van der Waals surface area contributed by atoms with Crippen molar-refractivity contribution in [2.75, 3.05) is 6.54 Å². The van der Waals surface area contributed by atoms with Crippen LogP contribution in [0.25, 0.3) is 5.57 Å². The molecular weight excluding hydrogens is 188 g/mol. The Morgan fingerprint density at radius 1 is 1.69 bits per heavy atom. The van der Waals surface area contributed by atoms with E-state index in [1.54, 1.807) is 6.07 Å². The molecule has 0 atom stereocenters. The fourth-order valence-electron chi connectivity index (χ4n) is 0.913. The van der Waals surface area contributed by atoms with Gasteiger partial charge in [-0.15, -0.1) is 0 Å². The lowest BCUT2D eigenvalue weighted by molar-refractivity contribution is -0.380. The van der Waals surface area contributed by atoms with Crippen molar-refractivity contribution in [1.82, 2.24) is 0 Å². The molecule has 1 rings (SSSR count). The molecule has 0 amide bonds. The lowest BCUT2D eigenvalue weighted by Crippen LogP contribution is -1.98. The molecule has 0 unspecified atom stereocenters. The molecule has 0 saturated heterocycles. The van der Waals surface area contributed by atoms with Crippen molar-refractivity contribution in [2.24, 2.45) is 5.73 Å². The molecule has 0 aromatic carbocycles. The lowest BCUT2D eigenvalue weighted by atomic mass is 10.2. The van der Waals surface area contributed by atoms with Crippen molar-refractivity contribution in [1.29, 1.82) is 0 Å². The third-order valence-corrected chi connectivity index (χ3v) is 2.71. The second-order valence-corrected chi connectivity index (χ2v) is 3.60. The van der Waals surface area contributed by atoms with Gasteiger partial charge < -0.3 is 5.73 Å². The molecule has 1 aromatic heterocycles. The molecule has 0 aliphatic heterocycles. The van der Waals surface area contributed by atoms with E-state index < -0.39 is 4.92 Å². The van der Waals surface area contributed by atoms with Gasteiger partial charge in [-0.3, -0.25) is 10.1 Å². The van der Waals surface area contributed by atoms with Gasteiger partial charge in [-0.25, -0.2) is 0 Å². The Balaban J connectivity index is 2.79. The fraction of sp³-hybridized carbons (Fsp3) is 0.250. The van der Waals surface area contributed by atoms with E-state index in [2.05, 4.69) is 6.58 Å². The molecule has 0 bridgehead atoms. The third-order valence-electron chi connectivity index (χ3n) is 1.57. The Labute approximate surface area is 79.8 Å². The van der Waals surface area contributed by atoms with Crippen LogP contribution in [0.2, 0.25) is 0 Å². The van der Waals surface area contributed by atoms with Crippen molar-refractivity contribution in [3.63, 3.8) is 0 Å². The van der Waals surface area contributed by atoms with Crippen LogP contribution in [-0.4, -0.2) is 11.5 Å². The van der Waals surface area contributed by atoms with Crippen LogP contribution in [-0.2, 0) is 0 Å². The topological polar surface area (TPSA) is 69.2 Å². The summed E-state index contributed by atoms with van der Waals surface area (Å²) in [5, 5.41) is 10.5. The minimum atomic E-state index is -0.399. The number of hydrogen-bond donors (Lipinski definition) is 1. The maximum Gasteiger partial charge on any atom is 0.324 e. The first-order valence-electron chi connectivity index (χ1n) is 3.77. The minimum absolute atomic E-state index is 0.146. The smallest absolute Gasteiger partial charge is 0.324 e. The molecule has 4 nitrogen and oxygen atoms in total. The van der Waals surface area contributed by atoms with E-state index in [9.17, 15) is 10.1 Å². The van der Waals surface area contributed by atoms with Gasteiger partial charge in [0.1, 0.15) is 0 Å². The Kier molecular flexibility index (Phi) is 3.16. The second kappa shape index (κ2) is 4.15. The van der Waals surface area contributed by atoms with E-state index in [0.29, 0.717) is 13.0 Å². The number of thiophene rings is 1. The summed E-state index contributed by atoms with van der Waals surface area (Å²) in [6.45, 7) is 4.31. The summed E-state index contributed by atoms with van der Waals surface area (Å²) in [6.07, 6.45) is 0.678. The molecule has 0 aliphatic rings. The molecule has 70 valence electrons. The predicted molar refractivity (Wildman–Crippen MR) is 53.7 cm³/mol. The van der Waals surface area contributed by atoms with Crippen LogP contribution < -0.4 is 5.73 Å². The molecule has 5 heteroatoms. The maximum atomic E-state index is 10.4. The molecule has 0 spiro atoms. The van der Waals surface area contributed by atoms with Crippen LogP contribution in [0.5, 0.6) is 0 Å². The van der Waals surface area contributed by atoms with Crippen LogP contribution in [0.4, 0.5) is 5.00 Å². The van der Waals surface area contributed by atoms with Crippen molar-refractivity contribution in [3.05, 3.63) is 33.7 Å². The Morgan fingerprint density at radius 2 is 2.38 bits per heavy atom. The van der Waals surface area contributed by atoms with Gasteiger partial charge in [0.15, 0.2) is 0 Å². The third kappa shape index (κ3) is 2.37. The number of nitrogens with zero attached hydrogens (tertiary/aromatic N) is 1. The molecule has 1 heterocycles. The van der Waals surface area contributed by atoms with Crippen molar-refractivity contribution in [3.8, 4) is 0 Å². The van der Waals surface area contributed by atoms with Gasteiger partial charge >= 0.3 is 5.00 Å². The van der Waals surface area contributed by atoms with E-state index in [-0.39, 0.29) is 5.00 Å². The van der Waals surface area contributed by atoms with Crippen LogP contribution in [0.1, 0.15) is 11.3 Å². The van der Waals surface area contributed by atoms with Gasteiger partial charge in [-0.2, -0.15) is 0 Å². The summed E-state index contributed by atoms with van der Waals surface area (Å²) in [6, 6.07) is 3.20. The van der Waals surface area contributed by atoms with Crippen LogP contribution in [0.3, 0.4) is 0 Å². The molecule has 0 radical (unpaired) electrons. The average molecular weight is 198 g/mol. The first-order valence-corrected chi connectivity index (χ1v) is 4.59. The highest BCUT2D eigenvalue weighted by molar-refractivity contribution is 7.16. The zero-order valence-corrected chi connectivity index (χ0v) is 7.84. The number of rotatable bonds is 4. The molecule has 0 aliphatic carbocycles. The van der Waals surface area contributed by atoms with Crippen molar-refractivity contribution < 1.29 is 4.92 Å². The van der Waals surface area contributed by atoms with Crippen LogP contribution in [0.15, 0.2) is 18.7 Å². The van der Waals surface area contributed by atoms with E-state index >= 15 is 0 Å². The van der Waals surface area contributed by atoms with E-state index in [0.717, 1.165) is 21.8 Å². The van der Waals surface area contributed by atoms with Crippen molar-refractivity contribution in [2.45, 2.75) is 6.42 Å². The zero-order valence-electron chi connectivity index (χ0n) is 7.03. The highest BCUT2D eigenvalue weighted by atomic mass is 32.1. The van der Waals surface area contributed by atoms with Crippen LogP contribution in [0, 0.1) is 10.1 Å². The summed E-state index contributed by atoms with van der Waals surface area (Å²) in [7, 11) is 0. The normalized spacial score (nSPS) is 9.92. The largest absolute Gasteiger partial charge is 0.330 e. The Hall–Kier alpha value is -1.20. The number of hydrogen-bond acceptors (Lipinski definition) is 4. The van der Waals surface area contributed by atoms with Gasteiger partial charge in [0.25, 0.3) is 0 Å². The second-order valence-electron chi connectivity index (χ2n) is 2.54. The summed E-state index contributed by atoms with van der Waals surface area (Å²) < 4.78 is 0. The average Bonchev–Trinajstić information content (AvgIpc) is 2.52. The van der Waals surface area contributed by atoms with Gasteiger partial charge in [-0.05, 0) is 24.6 Å². The number of nitro groups is 1. The molecule has 13 heavy (non-hydrogen) atoms. The summed E-state index contributed by atoms with van der Waals surface area (Å²) in [4.78, 5) is 10.8. The highest BCUT2D eigenvalue weighted by Crippen LogP contribution is 2.29. The monoisotopic (exact) mass is 198 g/mol. The van der Waals surface area contributed by atoms with Gasteiger partial charge in [0, 0.05) is 10.9 Å². The van der Waals surface area contributed by atoms with Crippen LogP contribution >= 0.6 is 11.3 Å². The molecule has 0 saturated carbocycles. The minimum Gasteiger partial charge on any atom is -0.330 e. The standard InChI is InChI=1S/C8H10N2O2S/c1-6(4-5-9)7-2-3-8(13-7)10(11)12/h2-3H,1,4-5,9H2. The quantitative estimate of drug-likeness (QED) is 0.594. The summed E-state index contributed by atoms with van der Waals surface area (Å²) in [5.74, 6) is 0. The van der Waals surface area contributed by atoms with Gasteiger partial charge in [-0.1, -0.05) is 17.9 Å². The Bertz CT molecular complexity index is 333. The molecular formula is C8H10N2O2S. The lowest BCUT2D eigenvalue weighted by Gasteiger charge is -1.97. The van der Waals surface area contributed by atoms with E-state index in [4.69, 9.17) is 5.73 Å². The van der Waals surface area contributed by atoms with Crippen molar-refractivity contribution >= 4 is 21.9 Å². The highest BCUT2D eigenvalue weighted by Gasteiger charge is 2.10. The SMILES string of the molecule is C=C(CCN)c1ccc([N+](=O)[O-])s1. The van der Waals surface area contributed by atoms with E-state index in [1.807, 2.05) is 0 Å². The fourth-order valence-corrected chi connectivity index (χ4v) is 1.73. The molecule has 0 fully saturated rings. The maximum absolute atomic E-state index is 10.4. The zero-order chi connectivity index (χ0) is 9.84. The first kappa shape index (κ1) is 9.88. The summed E-state index contributed by atoms with van der Waals surface area (Å²) >= 11 is 1.13. The van der Waals surface area contributed by atoms with E-state index in [1.165, 1.54) is 6.07 Å².